The first-order valence-electron chi connectivity index (χ1n) is 11.5. The molecule has 1 spiro atoms. The summed E-state index contributed by atoms with van der Waals surface area (Å²) in [5, 5.41) is 0. The van der Waals surface area contributed by atoms with E-state index in [0.29, 0.717) is 6.42 Å². The molecule has 2 amide bonds. The number of hydrogen-bond donors (Lipinski definition) is 0. The van der Waals surface area contributed by atoms with Crippen molar-refractivity contribution in [2.75, 3.05) is 53.5 Å². The highest BCUT2D eigenvalue weighted by atomic mass is 16.5. The molecule has 7 nitrogen and oxygen atoms in total. The molecule has 0 aliphatic carbocycles. The Morgan fingerprint density at radius 1 is 1.03 bits per heavy atom. The van der Waals surface area contributed by atoms with Gasteiger partial charge in [0.05, 0.1) is 20.8 Å². The highest BCUT2D eigenvalue weighted by Crippen LogP contribution is 2.40. The standard InChI is InChI=1S/C24H35N3O4/c1-30-20-8-5-7-19(23(20)31-2)15-25-12-6-10-24(17-25)11-14-27(18-24)22(29)16-26-13-4-3-9-21(26)28/h5,7-8H,3-4,6,9-18H2,1-2H3. The van der Waals surface area contributed by atoms with E-state index in [9.17, 15) is 9.59 Å². The molecule has 0 N–H and O–H groups in total. The average molecular weight is 430 g/mol. The molecule has 0 bridgehead atoms. The molecule has 3 fully saturated rings. The number of amides is 2. The van der Waals surface area contributed by atoms with Crippen LogP contribution in [0.3, 0.4) is 0 Å². The molecular formula is C24H35N3O4. The summed E-state index contributed by atoms with van der Waals surface area (Å²) < 4.78 is 11.1. The van der Waals surface area contributed by atoms with Gasteiger partial charge in [0, 0.05) is 50.1 Å². The van der Waals surface area contributed by atoms with Gasteiger partial charge in [0.2, 0.25) is 11.8 Å². The Bertz CT molecular complexity index is 814. The van der Waals surface area contributed by atoms with E-state index in [0.717, 1.165) is 88.4 Å². The largest absolute Gasteiger partial charge is 0.493 e. The van der Waals surface area contributed by atoms with E-state index in [2.05, 4.69) is 11.0 Å². The Balaban J connectivity index is 1.37. The maximum Gasteiger partial charge on any atom is 0.242 e. The van der Waals surface area contributed by atoms with Gasteiger partial charge < -0.3 is 19.3 Å². The van der Waals surface area contributed by atoms with Crippen molar-refractivity contribution in [2.45, 2.75) is 45.1 Å². The van der Waals surface area contributed by atoms with Crippen molar-refractivity contribution in [3.8, 4) is 11.5 Å². The maximum absolute atomic E-state index is 12.9. The smallest absolute Gasteiger partial charge is 0.242 e. The monoisotopic (exact) mass is 429 g/mol. The molecule has 170 valence electrons. The van der Waals surface area contributed by atoms with Crippen molar-refractivity contribution in [2.24, 2.45) is 5.41 Å². The Kier molecular flexibility index (Phi) is 6.70. The summed E-state index contributed by atoms with van der Waals surface area (Å²) in [6.45, 7) is 5.44. The first kappa shape index (κ1) is 21.9. The fraction of sp³-hybridized carbons (Fsp3) is 0.667. The zero-order chi connectivity index (χ0) is 21.8. The van der Waals surface area contributed by atoms with E-state index < -0.39 is 0 Å². The zero-order valence-electron chi connectivity index (χ0n) is 18.9. The van der Waals surface area contributed by atoms with Gasteiger partial charge in [-0.2, -0.15) is 0 Å². The zero-order valence-corrected chi connectivity index (χ0v) is 18.9. The minimum absolute atomic E-state index is 0.110. The number of rotatable bonds is 6. The van der Waals surface area contributed by atoms with Crippen LogP contribution in [-0.2, 0) is 16.1 Å². The van der Waals surface area contributed by atoms with Gasteiger partial charge in [0.25, 0.3) is 0 Å². The lowest BCUT2D eigenvalue weighted by Crippen LogP contribution is -2.47. The minimum Gasteiger partial charge on any atom is -0.493 e. The summed E-state index contributed by atoms with van der Waals surface area (Å²) in [5.74, 6) is 1.80. The predicted octanol–water partition coefficient (Wildman–Crippen LogP) is 2.53. The van der Waals surface area contributed by atoms with Crippen molar-refractivity contribution in [1.29, 1.82) is 0 Å². The average Bonchev–Trinajstić information content (AvgIpc) is 3.18. The Morgan fingerprint density at radius 3 is 2.68 bits per heavy atom. The van der Waals surface area contributed by atoms with E-state index in [-0.39, 0.29) is 23.8 Å². The topological polar surface area (TPSA) is 62.3 Å². The number of carbonyl (C=O) groups is 2. The molecule has 1 atom stereocenters. The first-order valence-corrected chi connectivity index (χ1v) is 11.5. The van der Waals surface area contributed by atoms with Crippen molar-refractivity contribution in [3.63, 3.8) is 0 Å². The lowest BCUT2D eigenvalue weighted by molar-refractivity contribution is -0.141. The summed E-state index contributed by atoms with van der Waals surface area (Å²) in [6, 6.07) is 6.03. The molecule has 1 aromatic carbocycles. The van der Waals surface area contributed by atoms with E-state index in [4.69, 9.17) is 9.47 Å². The van der Waals surface area contributed by atoms with Crippen LogP contribution in [0.4, 0.5) is 0 Å². The number of piperidine rings is 2. The number of likely N-dealkylation sites (tertiary alicyclic amines) is 3. The molecule has 3 saturated heterocycles. The molecule has 1 aromatic rings. The lowest BCUT2D eigenvalue weighted by atomic mass is 9.79. The fourth-order valence-corrected chi connectivity index (χ4v) is 5.54. The van der Waals surface area contributed by atoms with Crippen molar-refractivity contribution in [3.05, 3.63) is 23.8 Å². The van der Waals surface area contributed by atoms with Crippen LogP contribution in [-0.4, -0.2) is 80.0 Å². The fourth-order valence-electron chi connectivity index (χ4n) is 5.54. The molecule has 1 unspecified atom stereocenters. The van der Waals surface area contributed by atoms with Gasteiger partial charge in [-0.25, -0.2) is 0 Å². The number of methoxy groups -OCH3 is 2. The number of nitrogens with zero attached hydrogens (tertiary/aromatic N) is 3. The molecule has 3 aliphatic rings. The van der Waals surface area contributed by atoms with Gasteiger partial charge in [-0.3, -0.25) is 14.5 Å². The second-order valence-electron chi connectivity index (χ2n) is 9.30. The predicted molar refractivity (Wildman–Crippen MR) is 118 cm³/mol. The van der Waals surface area contributed by atoms with Gasteiger partial charge in [0.15, 0.2) is 11.5 Å². The second-order valence-corrected chi connectivity index (χ2v) is 9.30. The Labute approximate surface area is 185 Å². The molecule has 0 radical (unpaired) electrons. The van der Waals surface area contributed by atoms with Crippen LogP contribution in [0.25, 0.3) is 0 Å². The third kappa shape index (κ3) is 4.81. The highest BCUT2D eigenvalue weighted by molar-refractivity contribution is 5.85. The normalized spacial score (nSPS) is 24.6. The molecular weight excluding hydrogens is 394 g/mol. The maximum atomic E-state index is 12.9. The molecule has 3 heterocycles. The van der Waals surface area contributed by atoms with Gasteiger partial charge in [-0.1, -0.05) is 12.1 Å². The van der Waals surface area contributed by atoms with E-state index in [1.807, 2.05) is 17.0 Å². The third-order valence-corrected chi connectivity index (χ3v) is 7.16. The van der Waals surface area contributed by atoms with Crippen LogP contribution in [0, 0.1) is 5.41 Å². The SMILES string of the molecule is COc1cccc(CN2CCCC3(CCN(C(=O)CN4CCCCC4=O)C3)C2)c1OC. The number of hydrogen-bond acceptors (Lipinski definition) is 5. The quantitative estimate of drug-likeness (QED) is 0.696. The number of carbonyl (C=O) groups excluding carboxylic acids is 2. The minimum atomic E-state index is 0.110. The van der Waals surface area contributed by atoms with Crippen LogP contribution in [0.15, 0.2) is 18.2 Å². The van der Waals surface area contributed by atoms with Crippen LogP contribution in [0.1, 0.15) is 44.1 Å². The second kappa shape index (κ2) is 9.47. The molecule has 3 aliphatic heterocycles. The third-order valence-electron chi connectivity index (χ3n) is 7.16. The summed E-state index contributed by atoms with van der Waals surface area (Å²) in [7, 11) is 3.35. The van der Waals surface area contributed by atoms with Crippen molar-refractivity contribution < 1.29 is 19.1 Å². The van der Waals surface area contributed by atoms with Gasteiger partial charge >= 0.3 is 0 Å². The Morgan fingerprint density at radius 2 is 1.90 bits per heavy atom. The first-order chi connectivity index (χ1) is 15.0. The van der Waals surface area contributed by atoms with Crippen LogP contribution >= 0.6 is 0 Å². The number of benzene rings is 1. The summed E-state index contributed by atoms with van der Waals surface area (Å²) >= 11 is 0. The molecule has 31 heavy (non-hydrogen) atoms. The van der Waals surface area contributed by atoms with Crippen LogP contribution in [0.5, 0.6) is 11.5 Å². The van der Waals surface area contributed by atoms with E-state index in [1.54, 1.807) is 19.1 Å². The summed E-state index contributed by atoms with van der Waals surface area (Å²) in [4.78, 5) is 31.2. The van der Waals surface area contributed by atoms with Crippen molar-refractivity contribution >= 4 is 11.8 Å². The number of para-hydroxylation sites is 1. The highest BCUT2D eigenvalue weighted by Gasteiger charge is 2.43. The van der Waals surface area contributed by atoms with Gasteiger partial charge in [0.1, 0.15) is 0 Å². The molecule has 0 saturated carbocycles. The summed E-state index contributed by atoms with van der Waals surface area (Å²) in [5.41, 5.74) is 1.29. The molecule has 4 rings (SSSR count). The lowest BCUT2D eigenvalue weighted by Gasteiger charge is -2.40. The summed E-state index contributed by atoms with van der Waals surface area (Å²) in [6.07, 6.45) is 5.87. The number of ether oxygens (including phenoxy) is 2. The van der Waals surface area contributed by atoms with Gasteiger partial charge in [-0.15, -0.1) is 0 Å². The molecule has 7 heteroatoms. The van der Waals surface area contributed by atoms with E-state index in [1.165, 1.54) is 0 Å². The van der Waals surface area contributed by atoms with Gasteiger partial charge in [-0.05, 0) is 44.7 Å². The molecule has 0 aromatic heterocycles. The van der Waals surface area contributed by atoms with Crippen molar-refractivity contribution in [1.82, 2.24) is 14.7 Å². The van der Waals surface area contributed by atoms with Crippen LogP contribution < -0.4 is 9.47 Å². The van der Waals surface area contributed by atoms with Crippen LogP contribution in [0.2, 0.25) is 0 Å². The van der Waals surface area contributed by atoms with E-state index >= 15 is 0 Å². The Hall–Kier alpha value is -2.28.